The summed E-state index contributed by atoms with van der Waals surface area (Å²) in [4.78, 5) is 0. The summed E-state index contributed by atoms with van der Waals surface area (Å²) >= 11 is 5.93. The molecule has 0 saturated heterocycles. The summed E-state index contributed by atoms with van der Waals surface area (Å²) in [5.41, 5.74) is 2.50. The fourth-order valence-electron chi connectivity index (χ4n) is 2.03. The van der Waals surface area contributed by atoms with Crippen LogP contribution in [0.4, 0.5) is 0 Å². The highest BCUT2D eigenvalue weighted by Gasteiger charge is 1.99. The lowest BCUT2D eigenvalue weighted by Crippen LogP contribution is -2.24. The summed E-state index contributed by atoms with van der Waals surface area (Å²) in [6.45, 7) is 5.90. The van der Waals surface area contributed by atoms with E-state index in [1.807, 2.05) is 24.3 Å². The van der Waals surface area contributed by atoms with Crippen LogP contribution in [0.15, 0.2) is 48.5 Å². The van der Waals surface area contributed by atoms with Crippen LogP contribution in [-0.4, -0.2) is 12.6 Å². The Morgan fingerprint density at radius 3 is 2.43 bits per heavy atom. The molecule has 0 radical (unpaired) electrons. The van der Waals surface area contributed by atoms with Crippen molar-refractivity contribution >= 4 is 11.6 Å². The molecule has 0 saturated carbocycles. The van der Waals surface area contributed by atoms with Crippen LogP contribution in [-0.2, 0) is 13.0 Å². The molecule has 2 aromatic carbocycles. The maximum absolute atomic E-state index is 5.93. The average Bonchev–Trinajstić information content (AvgIpc) is 2.46. The molecule has 0 unspecified atom stereocenters. The standard InChI is InChI=1S/C18H22ClNO/c1-14(2)20-11-10-15-6-8-16(9-7-15)13-21-18-5-3-4-17(19)12-18/h3-9,12,14,20H,10-11,13H2,1-2H3. The van der Waals surface area contributed by atoms with E-state index < -0.39 is 0 Å². The molecule has 0 spiro atoms. The van der Waals surface area contributed by atoms with Gasteiger partial charge in [0.1, 0.15) is 12.4 Å². The van der Waals surface area contributed by atoms with Crippen molar-refractivity contribution in [1.29, 1.82) is 0 Å². The first kappa shape index (κ1) is 15.9. The number of nitrogens with one attached hydrogen (secondary N) is 1. The highest BCUT2D eigenvalue weighted by molar-refractivity contribution is 6.30. The molecule has 3 heteroatoms. The predicted molar refractivity (Wildman–Crippen MR) is 89.1 cm³/mol. The van der Waals surface area contributed by atoms with Crippen molar-refractivity contribution in [2.45, 2.75) is 32.9 Å². The van der Waals surface area contributed by atoms with Crippen molar-refractivity contribution in [3.05, 3.63) is 64.7 Å². The highest BCUT2D eigenvalue weighted by atomic mass is 35.5. The van der Waals surface area contributed by atoms with E-state index in [1.165, 1.54) is 5.56 Å². The highest BCUT2D eigenvalue weighted by Crippen LogP contribution is 2.18. The number of rotatable bonds is 7. The van der Waals surface area contributed by atoms with Gasteiger partial charge in [-0.2, -0.15) is 0 Å². The van der Waals surface area contributed by atoms with E-state index >= 15 is 0 Å². The second-order valence-corrected chi connectivity index (χ2v) is 5.86. The van der Waals surface area contributed by atoms with Crippen molar-refractivity contribution in [1.82, 2.24) is 5.32 Å². The average molecular weight is 304 g/mol. The van der Waals surface area contributed by atoms with Crippen LogP contribution in [0.2, 0.25) is 5.02 Å². The quantitative estimate of drug-likeness (QED) is 0.815. The zero-order chi connectivity index (χ0) is 15.1. The lowest BCUT2D eigenvalue weighted by Gasteiger charge is -2.09. The van der Waals surface area contributed by atoms with E-state index in [4.69, 9.17) is 16.3 Å². The molecule has 0 atom stereocenters. The van der Waals surface area contributed by atoms with Gasteiger partial charge in [-0.1, -0.05) is 55.8 Å². The third-order valence-corrected chi connectivity index (χ3v) is 3.43. The molecular formula is C18H22ClNO. The van der Waals surface area contributed by atoms with Crippen molar-refractivity contribution in [3.8, 4) is 5.75 Å². The minimum Gasteiger partial charge on any atom is -0.489 e. The van der Waals surface area contributed by atoms with Crippen LogP contribution in [0.5, 0.6) is 5.75 Å². The van der Waals surface area contributed by atoms with Gasteiger partial charge in [-0.05, 0) is 42.3 Å². The Bertz CT molecular complexity index is 551. The van der Waals surface area contributed by atoms with Gasteiger partial charge < -0.3 is 10.1 Å². The SMILES string of the molecule is CC(C)NCCc1ccc(COc2cccc(Cl)c2)cc1. The summed E-state index contributed by atoms with van der Waals surface area (Å²) in [6, 6.07) is 16.6. The third-order valence-electron chi connectivity index (χ3n) is 3.19. The summed E-state index contributed by atoms with van der Waals surface area (Å²) in [5, 5.41) is 4.12. The van der Waals surface area contributed by atoms with Gasteiger partial charge in [-0.15, -0.1) is 0 Å². The maximum atomic E-state index is 5.93. The number of ether oxygens (including phenoxy) is 1. The molecule has 2 rings (SSSR count). The largest absolute Gasteiger partial charge is 0.489 e. The van der Waals surface area contributed by atoms with E-state index in [0.717, 1.165) is 24.3 Å². The zero-order valence-corrected chi connectivity index (χ0v) is 13.4. The van der Waals surface area contributed by atoms with Crippen LogP contribution in [0.25, 0.3) is 0 Å². The molecule has 21 heavy (non-hydrogen) atoms. The van der Waals surface area contributed by atoms with Crippen LogP contribution in [0.1, 0.15) is 25.0 Å². The topological polar surface area (TPSA) is 21.3 Å². The Morgan fingerprint density at radius 1 is 1.05 bits per heavy atom. The molecule has 2 nitrogen and oxygen atoms in total. The molecule has 0 bridgehead atoms. The van der Waals surface area contributed by atoms with E-state index in [0.29, 0.717) is 17.7 Å². The molecule has 0 aliphatic heterocycles. The Hall–Kier alpha value is -1.51. The van der Waals surface area contributed by atoms with Crippen LogP contribution >= 0.6 is 11.6 Å². The van der Waals surface area contributed by atoms with Gasteiger partial charge >= 0.3 is 0 Å². The third kappa shape index (κ3) is 5.78. The molecule has 112 valence electrons. The number of hydrogen-bond acceptors (Lipinski definition) is 2. The number of halogens is 1. The first-order chi connectivity index (χ1) is 10.1. The van der Waals surface area contributed by atoms with Gasteiger partial charge in [0.2, 0.25) is 0 Å². The molecular weight excluding hydrogens is 282 g/mol. The van der Waals surface area contributed by atoms with E-state index in [1.54, 1.807) is 0 Å². The second kappa shape index (κ2) is 8.06. The summed E-state index contributed by atoms with van der Waals surface area (Å²) < 4.78 is 5.73. The van der Waals surface area contributed by atoms with Crippen molar-refractivity contribution in [2.75, 3.05) is 6.54 Å². The number of hydrogen-bond donors (Lipinski definition) is 1. The Labute approximate surface area is 132 Å². The van der Waals surface area contributed by atoms with Crippen molar-refractivity contribution in [3.63, 3.8) is 0 Å². The number of benzene rings is 2. The van der Waals surface area contributed by atoms with E-state index in [-0.39, 0.29) is 0 Å². The molecule has 0 heterocycles. The molecule has 0 aliphatic carbocycles. The molecule has 1 N–H and O–H groups in total. The summed E-state index contributed by atoms with van der Waals surface area (Å²) in [7, 11) is 0. The van der Waals surface area contributed by atoms with Crippen LogP contribution in [0, 0.1) is 0 Å². The maximum Gasteiger partial charge on any atom is 0.121 e. The van der Waals surface area contributed by atoms with Gasteiger partial charge in [0.05, 0.1) is 0 Å². The second-order valence-electron chi connectivity index (χ2n) is 5.42. The van der Waals surface area contributed by atoms with Crippen LogP contribution < -0.4 is 10.1 Å². The predicted octanol–water partition coefficient (Wildman–Crippen LogP) is 4.46. The lowest BCUT2D eigenvalue weighted by atomic mass is 10.1. The smallest absolute Gasteiger partial charge is 0.121 e. The van der Waals surface area contributed by atoms with E-state index in [9.17, 15) is 0 Å². The first-order valence-corrected chi connectivity index (χ1v) is 7.71. The monoisotopic (exact) mass is 303 g/mol. The van der Waals surface area contributed by atoms with Crippen LogP contribution in [0.3, 0.4) is 0 Å². The van der Waals surface area contributed by atoms with Gasteiger partial charge in [-0.3, -0.25) is 0 Å². The lowest BCUT2D eigenvalue weighted by molar-refractivity contribution is 0.306. The molecule has 0 aromatic heterocycles. The molecule has 0 amide bonds. The zero-order valence-electron chi connectivity index (χ0n) is 12.6. The van der Waals surface area contributed by atoms with Gasteiger partial charge in [0.25, 0.3) is 0 Å². The first-order valence-electron chi connectivity index (χ1n) is 7.33. The normalized spacial score (nSPS) is 10.9. The van der Waals surface area contributed by atoms with Gasteiger partial charge in [0.15, 0.2) is 0 Å². The molecule has 0 fully saturated rings. The van der Waals surface area contributed by atoms with Gasteiger partial charge in [-0.25, -0.2) is 0 Å². The minimum absolute atomic E-state index is 0.537. The fourth-order valence-corrected chi connectivity index (χ4v) is 2.21. The molecule has 2 aromatic rings. The summed E-state index contributed by atoms with van der Waals surface area (Å²) in [5.74, 6) is 0.799. The Morgan fingerprint density at radius 2 is 1.76 bits per heavy atom. The van der Waals surface area contributed by atoms with Crippen molar-refractivity contribution in [2.24, 2.45) is 0 Å². The Balaban J connectivity index is 1.82. The molecule has 0 aliphatic rings. The Kier molecular flexibility index (Phi) is 6.09. The fraction of sp³-hybridized carbons (Fsp3) is 0.333. The van der Waals surface area contributed by atoms with E-state index in [2.05, 4.69) is 43.4 Å². The van der Waals surface area contributed by atoms with Gasteiger partial charge in [0, 0.05) is 11.1 Å². The summed E-state index contributed by atoms with van der Waals surface area (Å²) in [6.07, 6.45) is 1.05. The minimum atomic E-state index is 0.537. The van der Waals surface area contributed by atoms with Crippen molar-refractivity contribution < 1.29 is 4.74 Å².